The van der Waals surface area contributed by atoms with E-state index in [1.807, 2.05) is 0 Å². The van der Waals surface area contributed by atoms with Crippen molar-refractivity contribution in [2.75, 3.05) is 10.7 Å². The molecule has 0 aliphatic heterocycles. The lowest BCUT2D eigenvalue weighted by Crippen LogP contribution is -2.15. The molecule has 0 saturated carbocycles. The summed E-state index contributed by atoms with van der Waals surface area (Å²) in [5.41, 5.74) is 2.54. The number of para-hydroxylation sites is 1. The largest absolute Gasteiger partial charge is 0.319 e. The number of halogens is 3. The number of amides is 1. The number of hydrazine groups is 1. The molecule has 0 spiro atoms. The highest BCUT2D eigenvalue weighted by atomic mass is 79.9. The molecular weight excluding hydrogens is 351 g/mol. The van der Waals surface area contributed by atoms with Crippen molar-refractivity contribution in [1.82, 2.24) is 4.98 Å². The summed E-state index contributed by atoms with van der Waals surface area (Å²) < 4.78 is 14.1. The average molecular weight is 360 g/mol. The Morgan fingerprint density at radius 1 is 1.40 bits per heavy atom. The Bertz CT molecular complexity index is 648. The molecular formula is C12H9BrClFN4O. The number of anilines is 2. The van der Waals surface area contributed by atoms with Crippen molar-refractivity contribution in [2.45, 2.75) is 0 Å². The quantitative estimate of drug-likeness (QED) is 0.447. The van der Waals surface area contributed by atoms with Gasteiger partial charge in [0.15, 0.2) is 0 Å². The molecule has 0 fully saturated rings. The van der Waals surface area contributed by atoms with Crippen LogP contribution in [0.15, 0.2) is 34.8 Å². The third kappa shape index (κ3) is 3.24. The van der Waals surface area contributed by atoms with Gasteiger partial charge in [-0.15, -0.1) is 0 Å². The fourth-order valence-corrected chi connectivity index (χ4v) is 2.15. The van der Waals surface area contributed by atoms with Crippen LogP contribution in [0.2, 0.25) is 5.15 Å². The maximum Gasteiger partial charge on any atom is 0.256 e. The molecule has 0 radical (unpaired) electrons. The number of nitrogens with two attached hydrogens (primary N) is 1. The predicted octanol–water partition coefficient (Wildman–Crippen LogP) is 3.17. The molecule has 0 saturated heterocycles. The van der Waals surface area contributed by atoms with Crippen LogP contribution in [0.3, 0.4) is 0 Å². The van der Waals surface area contributed by atoms with Gasteiger partial charge >= 0.3 is 0 Å². The Kier molecular flexibility index (Phi) is 4.53. The van der Waals surface area contributed by atoms with Crippen molar-refractivity contribution in [1.29, 1.82) is 0 Å². The van der Waals surface area contributed by atoms with Crippen molar-refractivity contribution in [3.63, 3.8) is 0 Å². The molecule has 0 aliphatic rings. The van der Waals surface area contributed by atoms with Crippen LogP contribution >= 0.6 is 27.5 Å². The van der Waals surface area contributed by atoms with Crippen LogP contribution in [-0.2, 0) is 0 Å². The van der Waals surface area contributed by atoms with Crippen LogP contribution in [0.1, 0.15) is 10.4 Å². The monoisotopic (exact) mass is 358 g/mol. The Balaban J connectivity index is 2.31. The minimum absolute atomic E-state index is 0.0488. The summed E-state index contributed by atoms with van der Waals surface area (Å²) in [5, 5.41) is 2.55. The summed E-state index contributed by atoms with van der Waals surface area (Å²) >= 11 is 8.93. The van der Waals surface area contributed by atoms with E-state index in [2.05, 4.69) is 31.7 Å². The molecule has 1 aromatic carbocycles. The highest BCUT2D eigenvalue weighted by molar-refractivity contribution is 9.10. The van der Waals surface area contributed by atoms with Crippen LogP contribution in [0.4, 0.5) is 15.9 Å². The van der Waals surface area contributed by atoms with Gasteiger partial charge in [0.25, 0.3) is 5.91 Å². The Labute approximate surface area is 127 Å². The molecule has 0 atom stereocenters. The minimum atomic E-state index is -0.551. The maximum atomic E-state index is 13.6. The van der Waals surface area contributed by atoms with Gasteiger partial charge in [-0.25, -0.2) is 15.2 Å². The first-order valence-electron chi connectivity index (χ1n) is 5.41. The van der Waals surface area contributed by atoms with E-state index >= 15 is 0 Å². The van der Waals surface area contributed by atoms with Gasteiger partial charge in [0.05, 0.1) is 5.69 Å². The van der Waals surface area contributed by atoms with Gasteiger partial charge in [-0.1, -0.05) is 17.7 Å². The summed E-state index contributed by atoms with van der Waals surface area (Å²) in [6.45, 7) is 0. The van der Waals surface area contributed by atoms with E-state index in [-0.39, 0.29) is 22.2 Å². The molecule has 0 unspecified atom stereocenters. The second-order valence-corrected chi connectivity index (χ2v) is 5.00. The maximum absolute atomic E-state index is 13.6. The summed E-state index contributed by atoms with van der Waals surface area (Å²) in [4.78, 5) is 15.9. The van der Waals surface area contributed by atoms with Crippen molar-refractivity contribution < 1.29 is 9.18 Å². The van der Waals surface area contributed by atoms with Crippen LogP contribution in [0.25, 0.3) is 0 Å². The SMILES string of the molecule is NNc1cc(C(=O)Nc2c(F)cccc2Br)cc(Cl)n1. The zero-order chi connectivity index (χ0) is 14.7. The van der Waals surface area contributed by atoms with Gasteiger partial charge in [-0.2, -0.15) is 0 Å². The first kappa shape index (κ1) is 14.7. The number of pyridine rings is 1. The summed E-state index contributed by atoms with van der Waals surface area (Å²) in [5.74, 6) is 4.37. The van der Waals surface area contributed by atoms with Gasteiger partial charge in [0, 0.05) is 10.0 Å². The molecule has 4 N–H and O–H groups in total. The Morgan fingerprint density at radius 2 is 2.15 bits per heavy atom. The topological polar surface area (TPSA) is 80.0 Å². The molecule has 0 bridgehead atoms. The second-order valence-electron chi connectivity index (χ2n) is 3.76. The van der Waals surface area contributed by atoms with E-state index in [1.54, 1.807) is 6.07 Å². The number of hydrogen-bond donors (Lipinski definition) is 3. The van der Waals surface area contributed by atoms with E-state index in [9.17, 15) is 9.18 Å². The number of rotatable bonds is 3. The van der Waals surface area contributed by atoms with E-state index in [0.717, 1.165) is 0 Å². The minimum Gasteiger partial charge on any atom is -0.319 e. The third-order valence-corrected chi connectivity index (χ3v) is 3.26. The molecule has 1 aromatic heterocycles. The molecule has 8 heteroatoms. The van der Waals surface area contributed by atoms with Crippen molar-refractivity contribution in [3.05, 3.63) is 51.3 Å². The highest BCUT2D eigenvalue weighted by Gasteiger charge is 2.13. The summed E-state index contributed by atoms with van der Waals surface area (Å²) in [6, 6.07) is 7.13. The number of aromatic nitrogens is 1. The molecule has 1 amide bonds. The molecule has 5 nitrogen and oxygen atoms in total. The molecule has 0 aliphatic carbocycles. The fraction of sp³-hybridized carbons (Fsp3) is 0. The molecule has 2 aromatic rings. The van der Waals surface area contributed by atoms with Gasteiger partial charge in [-0.3, -0.25) is 4.79 Å². The number of nitrogen functional groups attached to an aromatic ring is 1. The number of nitrogens with zero attached hydrogens (tertiary/aromatic N) is 1. The fourth-order valence-electron chi connectivity index (χ4n) is 1.50. The normalized spacial score (nSPS) is 10.2. The van der Waals surface area contributed by atoms with Gasteiger partial charge < -0.3 is 10.7 Å². The van der Waals surface area contributed by atoms with E-state index < -0.39 is 11.7 Å². The predicted molar refractivity (Wildman–Crippen MR) is 79.1 cm³/mol. The lowest BCUT2D eigenvalue weighted by Gasteiger charge is -2.09. The third-order valence-electron chi connectivity index (χ3n) is 2.41. The zero-order valence-electron chi connectivity index (χ0n) is 9.95. The van der Waals surface area contributed by atoms with Crippen LogP contribution in [0, 0.1) is 5.82 Å². The van der Waals surface area contributed by atoms with Gasteiger partial charge in [-0.05, 0) is 40.2 Å². The Hall–Kier alpha value is -1.70. The van der Waals surface area contributed by atoms with Crippen molar-refractivity contribution in [3.8, 4) is 0 Å². The molecule has 20 heavy (non-hydrogen) atoms. The van der Waals surface area contributed by atoms with Crippen LogP contribution in [-0.4, -0.2) is 10.9 Å². The number of carbonyl (C=O) groups excluding carboxylic acids is 1. The number of hydrogen-bond acceptors (Lipinski definition) is 4. The lowest BCUT2D eigenvalue weighted by molar-refractivity contribution is 0.102. The van der Waals surface area contributed by atoms with Gasteiger partial charge in [0.1, 0.15) is 16.8 Å². The Morgan fingerprint density at radius 3 is 2.80 bits per heavy atom. The molecule has 104 valence electrons. The highest BCUT2D eigenvalue weighted by Crippen LogP contribution is 2.26. The number of nitrogens with one attached hydrogen (secondary N) is 2. The zero-order valence-corrected chi connectivity index (χ0v) is 12.3. The van der Waals surface area contributed by atoms with E-state index in [0.29, 0.717) is 4.47 Å². The molecule has 2 rings (SSSR count). The second kappa shape index (κ2) is 6.17. The molecule has 1 heterocycles. The summed E-state index contributed by atoms with van der Waals surface area (Å²) in [6.07, 6.45) is 0. The summed E-state index contributed by atoms with van der Waals surface area (Å²) in [7, 11) is 0. The first-order chi connectivity index (χ1) is 9.51. The lowest BCUT2D eigenvalue weighted by atomic mass is 10.2. The van der Waals surface area contributed by atoms with Crippen molar-refractivity contribution in [2.24, 2.45) is 5.84 Å². The van der Waals surface area contributed by atoms with Crippen molar-refractivity contribution >= 4 is 44.9 Å². The van der Waals surface area contributed by atoms with Crippen LogP contribution < -0.4 is 16.6 Å². The number of benzene rings is 1. The van der Waals surface area contributed by atoms with E-state index in [4.69, 9.17) is 17.4 Å². The van der Waals surface area contributed by atoms with Crippen LogP contribution in [0.5, 0.6) is 0 Å². The van der Waals surface area contributed by atoms with Gasteiger partial charge in [0.2, 0.25) is 0 Å². The smallest absolute Gasteiger partial charge is 0.256 e. The first-order valence-corrected chi connectivity index (χ1v) is 6.58. The average Bonchev–Trinajstić information content (AvgIpc) is 2.42. The standard InChI is InChI=1S/C12H9BrClFN4O/c13-7-2-1-3-8(15)11(7)18-12(20)6-4-9(14)17-10(5-6)19-16/h1-5H,16H2,(H,17,19)(H,18,20). The van der Waals surface area contributed by atoms with E-state index in [1.165, 1.54) is 24.3 Å². The number of carbonyl (C=O) groups is 1.